The number of nitrogens with one attached hydrogen (secondary N) is 2. The Morgan fingerprint density at radius 3 is 2.71 bits per heavy atom. The molecular formula is C12H14N6O3. The van der Waals surface area contributed by atoms with Gasteiger partial charge in [0, 0.05) is 25.3 Å². The summed E-state index contributed by atoms with van der Waals surface area (Å²) in [6.45, 7) is 0. The minimum absolute atomic E-state index is 0.111. The van der Waals surface area contributed by atoms with Gasteiger partial charge in [0.15, 0.2) is 6.04 Å². The molecule has 1 aromatic carbocycles. The van der Waals surface area contributed by atoms with E-state index >= 15 is 0 Å². The molecule has 9 nitrogen and oxygen atoms in total. The van der Waals surface area contributed by atoms with Crippen molar-refractivity contribution in [2.75, 3.05) is 19.0 Å². The van der Waals surface area contributed by atoms with E-state index in [0.717, 1.165) is 5.69 Å². The van der Waals surface area contributed by atoms with Crippen LogP contribution in [0.1, 0.15) is 22.2 Å². The molecule has 110 valence electrons. The van der Waals surface area contributed by atoms with Crippen LogP contribution in [0.25, 0.3) is 0 Å². The molecule has 1 amide bonds. The van der Waals surface area contributed by atoms with Crippen LogP contribution < -0.4 is 10.2 Å². The van der Waals surface area contributed by atoms with Crippen molar-refractivity contribution >= 4 is 17.6 Å². The van der Waals surface area contributed by atoms with Gasteiger partial charge in [-0.3, -0.25) is 4.79 Å². The van der Waals surface area contributed by atoms with E-state index < -0.39 is 17.9 Å². The lowest BCUT2D eigenvalue weighted by Gasteiger charge is -2.14. The summed E-state index contributed by atoms with van der Waals surface area (Å²) in [6.07, 6.45) is 0. The van der Waals surface area contributed by atoms with Crippen molar-refractivity contribution in [3.63, 3.8) is 0 Å². The Labute approximate surface area is 120 Å². The first-order chi connectivity index (χ1) is 9.99. The number of rotatable bonds is 5. The van der Waals surface area contributed by atoms with Crippen molar-refractivity contribution in [3.05, 3.63) is 35.7 Å². The summed E-state index contributed by atoms with van der Waals surface area (Å²) in [4.78, 5) is 25.2. The second kappa shape index (κ2) is 5.99. The van der Waals surface area contributed by atoms with Gasteiger partial charge in [-0.15, -0.1) is 10.2 Å². The average Bonchev–Trinajstić information content (AvgIpc) is 2.98. The molecule has 1 aromatic heterocycles. The molecule has 0 aliphatic heterocycles. The van der Waals surface area contributed by atoms with Crippen LogP contribution in [0.3, 0.4) is 0 Å². The number of tetrazole rings is 1. The molecule has 2 rings (SSSR count). The molecule has 1 atom stereocenters. The first-order valence-corrected chi connectivity index (χ1v) is 6.03. The molecule has 0 saturated heterocycles. The van der Waals surface area contributed by atoms with Gasteiger partial charge >= 0.3 is 5.97 Å². The normalized spacial score (nSPS) is 11.7. The number of carbonyl (C=O) groups is 2. The number of hydrogen-bond donors (Lipinski definition) is 3. The molecule has 21 heavy (non-hydrogen) atoms. The number of nitrogens with zero attached hydrogens (tertiary/aromatic N) is 4. The highest BCUT2D eigenvalue weighted by Crippen LogP contribution is 2.14. The molecule has 9 heteroatoms. The molecule has 0 spiro atoms. The van der Waals surface area contributed by atoms with Crippen LogP contribution in [0.2, 0.25) is 0 Å². The maximum Gasteiger partial charge on any atom is 0.334 e. The lowest BCUT2D eigenvalue weighted by atomic mass is 10.1. The zero-order valence-electron chi connectivity index (χ0n) is 11.4. The predicted octanol–water partition coefficient (Wildman–Crippen LogP) is -0.179. The van der Waals surface area contributed by atoms with Crippen molar-refractivity contribution in [1.29, 1.82) is 0 Å². The molecule has 0 fully saturated rings. The molecule has 0 saturated carbocycles. The highest BCUT2D eigenvalue weighted by molar-refractivity contribution is 5.97. The number of hydrogen-bond acceptors (Lipinski definition) is 6. The Bertz CT molecular complexity index is 640. The molecule has 1 unspecified atom stereocenters. The number of carboxylic acids is 1. The van der Waals surface area contributed by atoms with Crippen LogP contribution in [0.15, 0.2) is 24.3 Å². The number of anilines is 1. The van der Waals surface area contributed by atoms with Crippen molar-refractivity contribution in [2.45, 2.75) is 6.04 Å². The van der Waals surface area contributed by atoms with Gasteiger partial charge in [-0.2, -0.15) is 5.21 Å². The standard InChI is InChI=1S/C12H14N6O3/c1-18(2)8-5-3-4-7(6-8)11(19)13-9(12(20)21)10-14-16-17-15-10/h3-6,9H,1-2H3,(H,13,19)(H,20,21)(H,14,15,16,17). The van der Waals surface area contributed by atoms with Gasteiger partial charge in [-0.25, -0.2) is 4.79 Å². The van der Waals surface area contributed by atoms with Crippen LogP contribution >= 0.6 is 0 Å². The van der Waals surface area contributed by atoms with E-state index in [2.05, 4.69) is 25.9 Å². The van der Waals surface area contributed by atoms with Gasteiger partial charge in [0.1, 0.15) is 0 Å². The number of aromatic amines is 1. The third-order valence-electron chi connectivity index (χ3n) is 2.77. The fourth-order valence-electron chi connectivity index (χ4n) is 1.67. The molecule has 3 N–H and O–H groups in total. The van der Waals surface area contributed by atoms with Crippen LogP contribution in [0, 0.1) is 0 Å². The van der Waals surface area contributed by atoms with Gasteiger partial charge in [0.2, 0.25) is 5.82 Å². The maximum atomic E-state index is 12.2. The molecule has 1 heterocycles. The van der Waals surface area contributed by atoms with Crippen LogP contribution in [0.4, 0.5) is 5.69 Å². The molecular weight excluding hydrogens is 276 g/mol. The van der Waals surface area contributed by atoms with E-state index in [1.807, 2.05) is 25.1 Å². The van der Waals surface area contributed by atoms with E-state index in [4.69, 9.17) is 5.11 Å². The maximum absolute atomic E-state index is 12.2. The number of benzene rings is 1. The SMILES string of the molecule is CN(C)c1cccc(C(=O)NC(C(=O)O)c2nn[nH]n2)c1. The molecule has 0 aliphatic carbocycles. The van der Waals surface area contributed by atoms with Gasteiger partial charge in [-0.05, 0) is 18.2 Å². The zero-order valence-corrected chi connectivity index (χ0v) is 11.4. The molecule has 2 aromatic rings. The van der Waals surface area contributed by atoms with Gasteiger partial charge in [0.25, 0.3) is 5.91 Å². The summed E-state index contributed by atoms with van der Waals surface area (Å²) < 4.78 is 0. The predicted molar refractivity (Wildman–Crippen MR) is 72.8 cm³/mol. The lowest BCUT2D eigenvalue weighted by Crippen LogP contribution is -2.34. The lowest BCUT2D eigenvalue weighted by molar-refractivity contribution is -0.139. The largest absolute Gasteiger partial charge is 0.479 e. The van der Waals surface area contributed by atoms with Crippen LogP contribution in [0.5, 0.6) is 0 Å². The minimum Gasteiger partial charge on any atom is -0.479 e. The van der Waals surface area contributed by atoms with E-state index in [-0.39, 0.29) is 5.82 Å². The fourth-order valence-corrected chi connectivity index (χ4v) is 1.67. The average molecular weight is 290 g/mol. The highest BCUT2D eigenvalue weighted by atomic mass is 16.4. The summed E-state index contributed by atoms with van der Waals surface area (Å²) in [5.74, 6) is -1.91. The Balaban J connectivity index is 2.20. The highest BCUT2D eigenvalue weighted by Gasteiger charge is 2.26. The van der Waals surface area contributed by atoms with E-state index in [1.54, 1.807) is 18.2 Å². The topological polar surface area (TPSA) is 124 Å². The Morgan fingerprint density at radius 2 is 2.14 bits per heavy atom. The van der Waals surface area contributed by atoms with Gasteiger partial charge in [0.05, 0.1) is 0 Å². The quantitative estimate of drug-likeness (QED) is 0.697. The van der Waals surface area contributed by atoms with Crippen molar-refractivity contribution in [1.82, 2.24) is 25.9 Å². The molecule has 0 aliphatic rings. The Kier molecular flexibility index (Phi) is 4.12. The van der Waals surface area contributed by atoms with Crippen molar-refractivity contribution in [3.8, 4) is 0 Å². The number of carbonyl (C=O) groups excluding carboxylic acids is 1. The van der Waals surface area contributed by atoms with Gasteiger partial charge in [-0.1, -0.05) is 11.3 Å². The van der Waals surface area contributed by atoms with Gasteiger partial charge < -0.3 is 15.3 Å². The first-order valence-electron chi connectivity index (χ1n) is 6.03. The molecule has 0 radical (unpaired) electrons. The van der Waals surface area contributed by atoms with E-state index in [9.17, 15) is 9.59 Å². The number of carboxylic acid groups (broad SMARTS) is 1. The number of aliphatic carboxylic acids is 1. The Hall–Kier alpha value is -2.97. The van der Waals surface area contributed by atoms with Crippen LogP contribution in [-0.4, -0.2) is 51.7 Å². The number of amides is 1. The number of H-pyrrole nitrogens is 1. The fraction of sp³-hybridized carbons (Fsp3) is 0.250. The Morgan fingerprint density at radius 1 is 1.38 bits per heavy atom. The van der Waals surface area contributed by atoms with E-state index in [1.165, 1.54) is 0 Å². The first kappa shape index (κ1) is 14.4. The summed E-state index contributed by atoms with van der Waals surface area (Å²) in [5.41, 5.74) is 1.17. The molecule has 0 bridgehead atoms. The summed E-state index contributed by atoms with van der Waals surface area (Å²) in [5, 5.41) is 24.1. The third kappa shape index (κ3) is 3.32. The zero-order chi connectivity index (χ0) is 15.4. The summed E-state index contributed by atoms with van der Waals surface area (Å²) in [6, 6.07) is 5.44. The number of aromatic nitrogens is 4. The van der Waals surface area contributed by atoms with Crippen molar-refractivity contribution < 1.29 is 14.7 Å². The smallest absolute Gasteiger partial charge is 0.334 e. The third-order valence-corrected chi connectivity index (χ3v) is 2.77. The summed E-state index contributed by atoms with van der Waals surface area (Å²) in [7, 11) is 3.69. The van der Waals surface area contributed by atoms with Crippen LogP contribution in [-0.2, 0) is 4.79 Å². The summed E-state index contributed by atoms with van der Waals surface area (Å²) >= 11 is 0. The van der Waals surface area contributed by atoms with E-state index in [0.29, 0.717) is 5.56 Å². The minimum atomic E-state index is -1.36. The second-order valence-corrected chi connectivity index (χ2v) is 4.46. The second-order valence-electron chi connectivity index (χ2n) is 4.46. The van der Waals surface area contributed by atoms with Crippen molar-refractivity contribution in [2.24, 2.45) is 0 Å². The monoisotopic (exact) mass is 290 g/mol.